The maximum atomic E-state index is 13.3. The summed E-state index contributed by atoms with van der Waals surface area (Å²) in [7, 11) is 0. The van der Waals surface area contributed by atoms with Crippen LogP contribution in [-0.4, -0.2) is 59.2 Å². The van der Waals surface area contributed by atoms with E-state index in [4.69, 9.17) is 32.7 Å². The number of nitrogens with zero attached hydrogens (tertiary/aromatic N) is 2. The van der Waals surface area contributed by atoms with Crippen molar-refractivity contribution in [2.45, 2.75) is 64.8 Å². The number of hydrogen-bond donors (Lipinski definition) is 0. The molecule has 2 aliphatic rings. The molecule has 1 aromatic carbocycles. The third kappa shape index (κ3) is 4.81. The molecule has 0 aromatic heterocycles. The second kappa shape index (κ2) is 8.32. The Labute approximate surface area is 182 Å². The van der Waals surface area contributed by atoms with Gasteiger partial charge in [0.1, 0.15) is 5.60 Å². The quantitative estimate of drug-likeness (QED) is 0.643. The monoisotopic (exact) mass is 442 g/mol. The van der Waals surface area contributed by atoms with Crippen molar-refractivity contribution >= 4 is 35.2 Å². The van der Waals surface area contributed by atoms with Crippen LogP contribution >= 0.6 is 23.2 Å². The first-order chi connectivity index (χ1) is 13.5. The van der Waals surface area contributed by atoms with Crippen LogP contribution in [0.1, 0.15) is 51.8 Å². The Morgan fingerprint density at radius 3 is 2.52 bits per heavy atom. The van der Waals surface area contributed by atoms with Gasteiger partial charge >= 0.3 is 6.09 Å². The molecule has 1 fully saturated rings. The Morgan fingerprint density at radius 2 is 1.86 bits per heavy atom. The smallest absolute Gasteiger partial charge is 0.410 e. The van der Waals surface area contributed by atoms with Crippen LogP contribution in [0.4, 0.5) is 4.79 Å². The molecule has 2 heterocycles. The molecular weight excluding hydrogens is 415 g/mol. The topological polar surface area (TPSA) is 59.1 Å². The molecule has 0 aliphatic carbocycles. The number of benzene rings is 1. The highest BCUT2D eigenvalue weighted by atomic mass is 35.5. The van der Waals surface area contributed by atoms with E-state index in [2.05, 4.69) is 0 Å². The van der Waals surface area contributed by atoms with Crippen LogP contribution in [0.2, 0.25) is 10.0 Å². The minimum absolute atomic E-state index is 0.144. The molecule has 0 N–H and O–H groups in total. The van der Waals surface area contributed by atoms with Gasteiger partial charge in [0, 0.05) is 16.6 Å². The van der Waals surface area contributed by atoms with Gasteiger partial charge in [-0.2, -0.15) is 0 Å². The number of hydrogen-bond acceptors (Lipinski definition) is 4. The van der Waals surface area contributed by atoms with E-state index in [0.29, 0.717) is 23.0 Å². The van der Waals surface area contributed by atoms with Crippen LogP contribution < -0.4 is 0 Å². The van der Waals surface area contributed by atoms with E-state index in [-0.39, 0.29) is 31.1 Å². The van der Waals surface area contributed by atoms with Crippen molar-refractivity contribution < 1.29 is 19.1 Å². The number of amides is 2. The summed E-state index contributed by atoms with van der Waals surface area (Å²) in [6, 6.07) is 3.25. The second-order valence-corrected chi connectivity index (χ2v) is 9.57. The van der Waals surface area contributed by atoms with Gasteiger partial charge in [0.15, 0.2) is 6.10 Å². The van der Waals surface area contributed by atoms with Crippen molar-refractivity contribution in [1.29, 1.82) is 0 Å². The molecule has 6 nitrogen and oxygen atoms in total. The SMILES string of the molecule is C[C@H]1CO[C@@H](C(=O)N2CCc3cc(Cl)cc(Cl)c3[C@@H]2C)CN1C(=O)OC(C)(C)C. The average molecular weight is 443 g/mol. The van der Waals surface area contributed by atoms with Gasteiger partial charge < -0.3 is 19.3 Å². The first-order valence-electron chi connectivity index (χ1n) is 9.87. The van der Waals surface area contributed by atoms with E-state index in [1.807, 2.05) is 40.7 Å². The van der Waals surface area contributed by atoms with Crippen molar-refractivity contribution in [2.24, 2.45) is 0 Å². The minimum Gasteiger partial charge on any atom is -0.444 e. The average Bonchev–Trinajstić information content (AvgIpc) is 2.59. The van der Waals surface area contributed by atoms with Gasteiger partial charge in [-0.3, -0.25) is 4.79 Å². The summed E-state index contributed by atoms with van der Waals surface area (Å²) in [5.74, 6) is -0.144. The van der Waals surface area contributed by atoms with E-state index >= 15 is 0 Å². The zero-order valence-corrected chi connectivity index (χ0v) is 19.0. The third-order valence-electron chi connectivity index (χ3n) is 5.31. The molecule has 0 saturated carbocycles. The fourth-order valence-corrected chi connectivity index (χ4v) is 4.56. The zero-order chi connectivity index (χ0) is 21.5. The molecule has 2 amide bonds. The maximum Gasteiger partial charge on any atom is 0.410 e. The lowest BCUT2D eigenvalue weighted by Crippen LogP contribution is -2.57. The molecule has 0 bridgehead atoms. The molecule has 0 unspecified atom stereocenters. The van der Waals surface area contributed by atoms with Crippen molar-refractivity contribution in [3.05, 3.63) is 33.3 Å². The number of rotatable bonds is 1. The zero-order valence-electron chi connectivity index (χ0n) is 17.5. The number of ether oxygens (including phenoxy) is 2. The minimum atomic E-state index is -0.728. The third-order valence-corrected chi connectivity index (χ3v) is 5.84. The highest BCUT2D eigenvalue weighted by molar-refractivity contribution is 6.35. The van der Waals surface area contributed by atoms with E-state index in [0.717, 1.165) is 11.1 Å². The summed E-state index contributed by atoms with van der Waals surface area (Å²) in [6.45, 7) is 10.3. The lowest BCUT2D eigenvalue weighted by Gasteiger charge is -2.42. The molecule has 29 heavy (non-hydrogen) atoms. The van der Waals surface area contributed by atoms with Crippen molar-refractivity contribution in [2.75, 3.05) is 19.7 Å². The molecule has 160 valence electrons. The van der Waals surface area contributed by atoms with Crippen molar-refractivity contribution in [1.82, 2.24) is 9.80 Å². The van der Waals surface area contributed by atoms with Crippen LogP contribution in [0, 0.1) is 0 Å². The fraction of sp³-hybridized carbons (Fsp3) is 0.619. The Kier molecular flexibility index (Phi) is 6.37. The highest BCUT2D eigenvalue weighted by Gasteiger charge is 2.40. The summed E-state index contributed by atoms with van der Waals surface area (Å²) >= 11 is 12.5. The van der Waals surface area contributed by atoms with Crippen LogP contribution in [0.15, 0.2) is 12.1 Å². The van der Waals surface area contributed by atoms with Gasteiger partial charge in [-0.15, -0.1) is 0 Å². The molecule has 1 aromatic rings. The fourth-order valence-electron chi connectivity index (χ4n) is 3.87. The lowest BCUT2D eigenvalue weighted by molar-refractivity contribution is -0.154. The number of carbonyl (C=O) groups is 2. The molecule has 8 heteroatoms. The summed E-state index contributed by atoms with van der Waals surface area (Å²) in [5, 5.41) is 1.16. The summed E-state index contributed by atoms with van der Waals surface area (Å²) in [6.07, 6.45) is -0.487. The van der Waals surface area contributed by atoms with E-state index in [1.54, 1.807) is 15.9 Å². The molecule has 2 aliphatic heterocycles. The van der Waals surface area contributed by atoms with E-state index in [1.165, 1.54) is 0 Å². The van der Waals surface area contributed by atoms with Gasteiger partial charge in [-0.25, -0.2) is 4.79 Å². The van der Waals surface area contributed by atoms with E-state index < -0.39 is 17.8 Å². The Morgan fingerprint density at radius 1 is 1.17 bits per heavy atom. The van der Waals surface area contributed by atoms with Crippen LogP contribution in [0.25, 0.3) is 0 Å². The predicted octanol–water partition coefficient (Wildman–Crippen LogP) is 4.46. The largest absolute Gasteiger partial charge is 0.444 e. The summed E-state index contributed by atoms with van der Waals surface area (Å²) in [5.41, 5.74) is 1.38. The molecule has 3 atom stereocenters. The molecule has 3 rings (SSSR count). The van der Waals surface area contributed by atoms with Gasteiger partial charge in [0.2, 0.25) is 0 Å². The number of carbonyl (C=O) groups excluding carboxylic acids is 2. The molecular formula is C21H28Cl2N2O4. The van der Waals surface area contributed by atoms with Crippen molar-refractivity contribution in [3.63, 3.8) is 0 Å². The standard InChI is InChI=1S/C21H28Cl2N2O4/c1-12-11-28-17(10-25(12)20(27)29-21(3,4)5)19(26)24-7-6-14-8-15(22)9-16(23)18(14)13(24)2/h8-9,12-13,17H,6-7,10-11H2,1-5H3/t12-,13-,17+/m0/s1. The normalized spacial score (nSPS) is 24.9. The Balaban J connectivity index is 1.75. The molecule has 1 saturated heterocycles. The molecule has 0 radical (unpaired) electrons. The predicted molar refractivity (Wildman–Crippen MR) is 112 cm³/mol. The van der Waals surface area contributed by atoms with Crippen molar-refractivity contribution in [3.8, 4) is 0 Å². The first kappa shape index (κ1) is 22.2. The van der Waals surface area contributed by atoms with Crippen LogP contribution in [0.3, 0.4) is 0 Å². The van der Waals surface area contributed by atoms with Gasteiger partial charge in [-0.05, 0) is 64.3 Å². The summed E-state index contributed by atoms with van der Waals surface area (Å²) in [4.78, 5) is 29.2. The van der Waals surface area contributed by atoms with E-state index in [9.17, 15) is 9.59 Å². The second-order valence-electron chi connectivity index (χ2n) is 8.72. The van der Waals surface area contributed by atoms with Gasteiger partial charge in [-0.1, -0.05) is 23.2 Å². The number of morpholine rings is 1. The van der Waals surface area contributed by atoms with Crippen LogP contribution in [-0.2, 0) is 20.7 Å². The summed E-state index contributed by atoms with van der Waals surface area (Å²) < 4.78 is 11.3. The first-order valence-corrected chi connectivity index (χ1v) is 10.6. The highest BCUT2D eigenvalue weighted by Crippen LogP contribution is 2.37. The van der Waals surface area contributed by atoms with Gasteiger partial charge in [0.05, 0.1) is 25.2 Å². The Bertz CT molecular complexity index is 809. The Hall–Kier alpha value is -1.50. The maximum absolute atomic E-state index is 13.3. The molecule has 0 spiro atoms. The number of fused-ring (bicyclic) bond motifs is 1. The van der Waals surface area contributed by atoms with Gasteiger partial charge in [0.25, 0.3) is 5.91 Å². The van der Waals surface area contributed by atoms with Crippen LogP contribution in [0.5, 0.6) is 0 Å². The lowest BCUT2D eigenvalue weighted by atomic mass is 9.93. The number of halogens is 2.